The normalized spacial score (nSPS) is 24.7. The average Bonchev–Trinajstić information content (AvgIpc) is 3.47. The van der Waals surface area contributed by atoms with Crippen molar-refractivity contribution in [1.29, 1.82) is 0 Å². The van der Waals surface area contributed by atoms with Crippen molar-refractivity contribution in [3.05, 3.63) is 85.1 Å². The molecular formula is C67H117NO13. The fourth-order valence-electron chi connectivity index (χ4n) is 10.2. The predicted molar refractivity (Wildman–Crippen MR) is 327 cm³/mol. The summed E-state index contributed by atoms with van der Waals surface area (Å²) in [6.07, 6.45) is 52.9. The highest BCUT2D eigenvalue weighted by Crippen LogP contribution is 2.30. The Morgan fingerprint density at radius 3 is 1.30 bits per heavy atom. The molecule has 1 amide bonds. The van der Waals surface area contributed by atoms with E-state index in [1.165, 1.54) is 116 Å². The Labute approximate surface area is 491 Å². The van der Waals surface area contributed by atoms with Crippen molar-refractivity contribution in [3.63, 3.8) is 0 Å². The van der Waals surface area contributed by atoms with Gasteiger partial charge in [-0.2, -0.15) is 0 Å². The second kappa shape index (κ2) is 51.6. The molecule has 468 valence electrons. The van der Waals surface area contributed by atoms with Crippen molar-refractivity contribution in [2.24, 2.45) is 0 Å². The summed E-state index contributed by atoms with van der Waals surface area (Å²) in [5.41, 5.74) is 0. The Bertz CT molecular complexity index is 1680. The SMILES string of the molecule is CC/C=C\C/C=C\C/C=C\C/C=C\C/C=C\C/C=C\C/C=C\CCCCCC(=O)NC(COC1OC(CO)C(OC2OC(CO)C(O)C(O)C2O)C(O)C1O)C(O)CCCCCCCCCCCCCCCCCCCCCCCC. The lowest BCUT2D eigenvalue weighted by Crippen LogP contribution is -2.65. The van der Waals surface area contributed by atoms with Gasteiger partial charge in [-0.25, -0.2) is 0 Å². The van der Waals surface area contributed by atoms with Gasteiger partial charge in [-0.3, -0.25) is 4.79 Å². The number of unbranched alkanes of at least 4 members (excludes halogenated alkanes) is 24. The van der Waals surface area contributed by atoms with Crippen LogP contribution in [0.25, 0.3) is 0 Å². The molecule has 0 aliphatic carbocycles. The lowest BCUT2D eigenvalue weighted by molar-refractivity contribution is -0.359. The molecule has 0 aromatic carbocycles. The summed E-state index contributed by atoms with van der Waals surface area (Å²) < 4.78 is 22.9. The van der Waals surface area contributed by atoms with Gasteiger partial charge in [0.25, 0.3) is 0 Å². The maximum atomic E-state index is 13.3. The lowest BCUT2D eigenvalue weighted by atomic mass is 9.97. The van der Waals surface area contributed by atoms with Crippen molar-refractivity contribution in [2.45, 2.75) is 312 Å². The molecule has 14 nitrogen and oxygen atoms in total. The summed E-state index contributed by atoms with van der Waals surface area (Å²) in [4.78, 5) is 13.3. The second-order valence-electron chi connectivity index (χ2n) is 22.5. The zero-order valence-electron chi connectivity index (χ0n) is 50.5. The Kier molecular flexibility index (Phi) is 47.3. The van der Waals surface area contributed by atoms with Crippen molar-refractivity contribution in [3.8, 4) is 0 Å². The fraction of sp³-hybridized carbons (Fsp3) is 0.776. The molecule has 2 saturated heterocycles. The van der Waals surface area contributed by atoms with E-state index in [0.29, 0.717) is 12.8 Å². The summed E-state index contributed by atoms with van der Waals surface area (Å²) >= 11 is 0. The number of ether oxygens (including phenoxy) is 4. The molecule has 12 unspecified atom stereocenters. The number of carbonyl (C=O) groups excluding carboxylic acids is 1. The molecule has 2 fully saturated rings. The third-order valence-corrected chi connectivity index (χ3v) is 15.4. The van der Waals surface area contributed by atoms with Crippen molar-refractivity contribution < 1.29 is 64.6 Å². The first-order valence-corrected chi connectivity index (χ1v) is 32.3. The van der Waals surface area contributed by atoms with Crippen LogP contribution in [-0.4, -0.2) is 140 Å². The van der Waals surface area contributed by atoms with Crippen LogP contribution in [0.2, 0.25) is 0 Å². The van der Waals surface area contributed by atoms with E-state index in [-0.39, 0.29) is 18.9 Å². The van der Waals surface area contributed by atoms with Crippen LogP contribution in [0.4, 0.5) is 0 Å². The van der Waals surface area contributed by atoms with Gasteiger partial charge in [0.2, 0.25) is 5.91 Å². The van der Waals surface area contributed by atoms with Gasteiger partial charge in [0.05, 0.1) is 32.0 Å². The smallest absolute Gasteiger partial charge is 0.220 e. The fourth-order valence-corrected chi connectivity index (χ4v) is 10.2. The van der Waals surface area contributed by atoms with E-state index < -0.39 is 86.8 Å². The molecule has 14 heteroatoms. The van der Waals surface area contributed by atoms with E-state index >= 15 is 0 Å². The third-order valence-electron chi connectivity index (χ3n) is 15.4. The molecule has 0 bridgehead atoms. The number of hydrogen-bond donors (Lipinski definition) is 9. The average molecular weight is 1140 g/mol. The first kappa shape index (κ1) is 74.3. The minimum absolute atomic E-state index is 0.240. The van der Waals surface area contributed by atoms with Crippen LogP contribution in [0, 0.1) is 0 Å². The number of carbonyl (C=O) groups is 1. The largest absolute Gasteiger partial charge is 0.394 e. The maximum absolute atomic E-state index is 13.3. The van der Waals surface area contributed by atoms with Gasteiger partial charge < -0.3 is 65.1 Å². The van der Waals surface area contributed by atoms with E-state index in [1.54, 1.807) is 0 Å². The van der Waals surface area contributed by atoms with Crippen molar-refractivity contribution >= 4 is 5.91 Å². The molecule has 0 saturated carbocycles. The Morgan fingerprint density at radius 2 is 0.852 bits per heavy atom. The van der Waals surface area contributed by atoms with Gasteiger partial charge in [-0.05, 0) is 70.6 Å². The maximum Gasteiger partial charge on any atom is 0.220 e. The van der Waals surface area contributed by atoms with Crippen LogP contribution in [0.3, 0.4) is 0 Å². The van der Waals surface area contributed by atoms with E-state index in [0.717, 1.165) is 89.9 Å². The first-order valence-electron chi connectivity index (χ1n) is 32.3. The molecular weight excluding hydrogens is 1030 g/mol. The van der Waals surface area contributed by atoms with E-state index in [1.807, 2.05) is 0 Å². The van der Waals surface area contributed by atoms with Gasteiger partial charge in [-0.1, -0.05) is 247 Å². The van der Waals surface area contributed by atoms with Crippen LogP contribution in [0.5, 0.6) is 0 Å². The summed E-state index contributed by atoms with van der Waals surface area (Å²) in [7, 11) is 0. The van der Waals surface area contributed by atoms with Crippen molar-refractivity contribution in [2.75, 3.05) is 19.8 Å². The number of aliphatic hydroxyl groups is 8. The second-order valence-corrected chi connectivity index (χ2v) is 22.5. The number of hydrogen-bond acceptors (Lipinski definition) is 13. The van der Waals surface area contributed by atoms with Crippen LogP contribution in [0.15, 0.2) is 85.1 Å². The summed E-state index contributed by atoms with van der Waals surface area (Å²) in [6.45, 7) is 2.74. The van der Waals surface area contributed by atoms with Crippen LogP contribution in [0.1, 0.15) is 239 Å². The first-order chi connectivity index (χ1) is 39.6. The minimum Gasteiger partial charge on any atom is -0.394 e. The van der Waals surface area contributed by atoms with Crippen LogP contribution in [-0.2, 0) is 23.7 Å². The quantitative estimate of drug-likeness (QED) is 0.0204. The molecule has 0 spiro atoms. The zero-order chi connectivity index (χ0) is 58.8. The zero-order valence-corrected chi connectivity index (χ0v) is 50.5. The summed E-state index contributed by atoms with van der Waals surface area (Å²) in [6, 6.07) is -0.854. The Balaban J connectivity index is 1.75. The molecule has 81 heavy (non-hydrogen) atoms. The van der Waals surface area contributed by atoms with Gasteiger partial charge in [0, 0.05) is 6.42 Å². The highest BCUT2D eigenvalue weighted by molar-refractivity contribution is 5.76. The molecule has 2 heterocycles. The van der Waals surface area contributed by atoms with Crippen LogP contribution >= 0.6 is 0 Å². The lowest BCUT2D eigenvalue weighted by Gasteiger charge is -2.46. The summed E-state index contributed by atoms with van der Waals surface area (Å²) in [5, 5.41) is 87.4. The van der Waals surface area contributed by atoms with E-state index in [2.05, 4.69) is 104 Å². The minimum atomic E-state index is -1.79. The summed E-state index contributed by atoms with van der Waals surface area (Å²) in [5.74, 6) is -0.240. The number of nitrogens with one attached hydrogen (secondary N) is 1. The van der Waals surface area contributed by atoms with Crippen molar-refractivity contribution in [1.82, 2.24) is 5.32 Å². The topological polar surface area (TPSA) is 228 Å². The Hall–Kier alpha value is -2.83. The molecule has 0 radical (unpaired) electrons. The van der Waals surface area contributed by atoms with Crippen LogP contribution < -0.4 is 5.32 Å². The highest BCUT2D eigenvalue weighted by Gasteiger charge is 2.51. The Morgan fingerprint density at radius 1 is 0.457 bits per heavy atom. The van der Waals surface area contributed by atoms with Gasteiger partial charge in [-0.15, -0.1) is 0 Å². The standard InChI is InChI=1S/C67H117NO13/c1-3-5-7-9-11-13-15-17-19-21-23-25-27-28-29-31-33-35-37-39-41-43-45-47-49-51-59(72)68-55(54-78-66-64(77)62(75)65(58(53-70)80-66)81-67-63(76)61(74)60(73)57(52-69)79-67)56(71)50-48-46-44-42-40-38-36-34-32-30-26-24-22-20-18-16-14-12-10-8-6-4-2/h5,7,11,13,17,19,23,25,28-29,33,35,39,41,55-58,60-67,69-71,73-77H,3-4,6,8-10,12,14-16,18,20-22,24,26-27,30-32,34,36-38,40,42-54H2,1-2H3,(H,68,72)/b7-5-,13-11-,19-17-,25-23-,29-28-,35-33-,41-39-. The monoisotopic (exact) mass is 1140 g/mol. The molecule has 0 aromatic rings. The van der Waals surface area contributed by atoms with Gasteiger partial charge in [0.1, 0.15) is 48.8 Å². The van der Waals surface area contributed by atoms with Gasteiger partial charge in [0.15, 0.2) is 12.6 Å². The number of rotatable bonds is 51. The van der Waals surface area contributed by atoms with Gasteiger partial charge >= 0.3 is 0 Å². The number of amides is 1. The number of aliphatic hydroxyl groups excluding tert-OH is 8. The molecule has 12 atom stereocenters. The molecule has 0 aromatic heterocycles. The third kappa shape index (κ3) is 36.6. The van der Waals surface area contributed by atoms with E-state index in [9.17, 15) is 45.6 Å². The number of allylic oxidation sites excluding steroid dienone is 14. The molecule has 2 rings (SSSR count). The molecule has 2 aliphatic heterocycles. The van der Waals surface area contributed by atoms with E-state index in [4.69, 9.17) is 18.9 Å². The molecule has 2 aliphatic rings. The highest BCUT2D eigenvalue weighted by atomic mass is 16.7. The predicted octanol–water partition coefficient (Wildman–Crippen LogP) is 12.1. The molecule has 9 N–H and O–H groups in total.